The number of hydrogen-bond acceptors (Lipinski definition) is 3. The van der Waals surface area contributed by atoms with E-state index in [2.05, 4.69) is 10.8 Å². The van der Waals surface area contributed by atoms with Gasteiger partial charge in [0.1, 0.15) is 0 Å². The normalized spacial score (nSPS) is 11.2. The van der Waals surface area contributed by atoms with Crippen molar-refractivity contribution in [2.24, 2.45) is 0 Å². The zero-order chi connectivity index (χ0) is 10.6. The van der Waals surface area contributed by atoms with Crippen LogP contribution in [0, 0.1) is 0 Å². The summed E-state index contributed by atoms with van der Waals surface area (Å²) in [5.41, 5.74) is 1.81. The first-order chi connectivity index (χ1) is 6.51. The Morgan fingerprint density at radius 2 is 1.93 bits per heavy atom. The molecule has 0 spiro atoms. The van der Waals surface area contributed by atoms with Gasteiger partial charge < -0.3 is 0 Å². The first kappa shape index (κ1) is 10.9. The lowest BCUT2D eigenvalue weighted by Gasteiger charge is -2.01. The molecular weight excluding hydrogens is 200 g/mol. The van der Waals surface area contributed by atoms with Gasteiger partial charge in [-0.15, -0.1) is 0 Å². The molecule has 3 nitrogen and oxygen atoms in total. The monoisotopic (exact) mass is 212 g/mol. The van der Waals surface area contributed by atoms with Crippen molar-refractivity contribution >= 4 is 16.2 Å². The molecule has 0 aliphatic heterocycles. The fraction of sp³-hybridized carbons (Fsp3) is 0.200. The maximum atomic E-state index is 10.7. The van der Waals surface area contributed by atoms with Crippen LogP contribution in [0.4, 0.5) is 0 Å². The zero-order valence-corrected chi connectivity index (χ0v) is 8.75. The van der Waals surface area contributed by atoms with Gasteiger partial charge in [-0.2, -0.15) is 8.42 Å². The van der Waals surface area contributed by atoms with Crippen molar-refractivity contribution in [2.75, 3.05) is 6.26 Å². The van der Waals surface area contributed by atoms with Crippen LogP contribution in [0.15, 0.2) is 30.8 Å². The highest BCUT2D eigenvalue weighted by molar-refractivity contribution is 7.85. The van der Waals surface area contributed by atoms with Gasteiger partial charge in [0, 0.05) is 0 Å². The fourth-order valence-corrected chi connectivity index (χ4v) is 1.28. The van der Waals surface area contributed by atoms with Crippen LogP contribution >= 0.6 is 0 Å². The van der Waals surface area contributed by atoms with Crippen LogP contribution in [-0.2, 0) is 20.9 Å². The first-order valence-corrected chi connectivity index (χ1v) is 5.89. The maximum absolute atomic E-state index is 10.7. The van der Waals surface area contributed by atoms with Gasteiger partial charge in [0.25, 0.3) is 10.1 Å². The molecule has 0 N–H and O–H groups in total. The van der Waals surface area contributed by atoms with Crippen LogP contribution in [0.2, 0.25) is 0 Å². The first-order valence-electron chi connectivity index (χ1n) is 4.07. The quantitative estimate of drug-likeness (QED) is 0.715. The summed E-state index contributed by atoms with van der Waals surface area (Å²) in [7, 11) is -3.36. The van der Waals surface area contributed by atoms with E-state index in [-0.39, 0.29) is 6.61 Å². The predicted molar refractivity (Wildman–Crippen MR) is 56.2 cm³/mol. The van der Waals surface area contributed by atoms with E-state index < -0.39 is 10.1 Å². The molecule has 0 atom stereocenters. The Kier molecular flexibility index (Phi) is 3.43. The molecule has 0 aliphatic carbocycles. The third-order valence-corrected chi connectivity index (χ3v) is 2.20. The Labute approximate surface area is 84.1 Å². The smallest absolute Gasteiger partial charge is 0.264 e. The predicted octanol–water partition coefficient (Wildman–Crippen LogP) is 1.81. The Morgan fingerprint density at radius 1 is 1.36 bits per heavy atom. The highest BCUT2D eigenvalue weighted by atomic mass is 32.2. The van der Waals surface area contributed by atoms with Crippen molar-refractivity contribution < 1.29 is 12.6 Å². The van der Waals surface area contributed by atoms with Crippen molar-refractivity contribution in [3.8, 4) is 0 Å². The Bertz CT molecular complexity index is 403. The van der Waals surface area contributed by atoms with Gasteiger partial charge in [-0.05, 0) is 11.1 Å². The van der Waals surface area contributed by atoms with E-state index >= 15 is 0 Å². The molecule has 0 radical (unpaired) electrons. The topological polar surface area (TPSA) is 43.4 Å². The molecule has 0 bridgehead atoms. The highest BCUT2D eigenvalue weighted by Crippen LogP contribution is 2.07. The fourth-order valence-electron chi connectivity index (χ4n) is 0.925. The molecule has 0 heterocycles. The molecule has 1 aromatic rings. The minimum atomic E-state index is -3.36. The summed E-state index contributed by atoms with van der Waals surface area (Å²) in [5, 5.41) is 0. The summed E-state index contributed by atoms with van der Waals surface area (Å²) in [5.74, 6) is 0. The van der Waals surface area contributed by atoms with Gasteiger partial charge in [0.2, 0.25) is 0 Å². The molecule has 0 aromatic heterocycles. The minimum Gasteiger partial charge on any atom is -0.265 e. The van der Waals surface area contributed by atoms with Crippen LogP contribution < -0.4 is 0 Å². The van der Waals surface area contributed by atoms with Crippen LogP contribution in [0.25, 0.3) is 6.08 Å². The van der Waals surface area contributed by atoms with Gasteiger partial charge in [-0.25, -0.2) is 0 Å². The molecule has 1 rings (SSSR count). The van der Waals surface area contributed by atoms with E-state index in [1.165, 1.54) is 0 Å². The third kappa shape index (κ3) is 3.72. The highest BCUT2D eigenvalue weighted by Gasteiger charge is 2.01. The average molecular weight is 212 g/mol. The summed E-state index contributed by atoms with van der Waals surface area (Å²) < 4.78 is 26.0. The molecular formula is C10H12O3S. The van der Waals surface area contributed by atoms with E-state index in [0.717, 1.165) is 17.4 Å². The van der Waals surface area contributed by atoms with Crippen molar-refractivity contribution in [1.82, 2.24) is 0 Å². The Morgan fingerprint density at radius 3 is 2.36 bits per heavy atom. The lowest BCUT2D eigenvalue weighted by Crippen LogP contribution is -2.02. The molecule has 4 heteroatoms. The van der Waals surface area contributed by atoms with E-state index in [1.807, 2.05) is 24.3 Å². The summed E-state index contributed by atoms with van der Waals surface area (Å²) in [6.07, 6.45) is 2.76. The standard InChI is InChI=1S/C10H12O3S/c1-3-9-4-6-10(7-5-9)8-13-14(2,11)12/h3-7H,1,8H2,2H3. The number of benzene rings is 1. The number of hydrogen-bond donors (Lipinski definition) is 0. The molecule has 0 unspecified atom stereocenters. The van der Waals surface area contributed by atoms with E-state index in [9.17, 15) is 8.42 Å². The molecule has 0 saturated heterocycles. The minimum absolute atomic E-state index is 0.0796. The van der Waals surface area contributed by atoms with Crippen LogP contribution in [0.5, 0.6) is 0 Å². The summed E-state index contributed by atoms with van der Waals surface area (Å²) in [6, 6.07) is 7.33. The SMILES string of the molecule is C=Cc1ccc(COS(C)(=O)=O)cc1. The summed E-state index contributed by atoms with van der Waals surface area (Å²) >= 11 is 0. The largest absolute Gasteiger partial charge is 0.265 e. The third-order valence-electron chi connectivity index (χ3n) is 1.66. The van der Waals surface area contributed by atoms with Crippen LogP contribution in [0.3, 0.4) is 0 Å². The number of rotatable bonds is 4. The van der Waals surface area contributed by atoms with Crippen LogP contribution in [-0.4, -0.2) is 14.7 Å². The van der Waals surface area contributed by atoms with Gasteiger partial charge in [0.15, 0.2) is 0 Å². The molecule has 0 saturated carbocycles. The molecule has 0 aliphatic rings. The van der Waals surface area contributed by atoms with Gasteiger partial charge in [-0.3, -0.25) is 4.18 Å². The van der Waals surface area contributed by atoms with Gasteiger partial charge in [-0.1, -0.05) is 36.9 Å². The van der Waals surface area contributed by atoms with Gasteiger partial charge >= 0.3 is 0 Å². The van der Waals surface area contributed by atoms with Crippen molar-refractivity contribution in [3.05, 3.63) is 42.0 Å². The zero-order valence-electron chi connectivity index (χ0n) is 7.93. The maximum Gasteiger partial charge on any atom is 0.264 e. The Hall–Kier alpha value is -1.13. The van der Waals surface area contributed by atoms with E-state index in [0.29, 0.717) is 0 Å². The molecule has 76 valence electrons. The van der Waals surface area contributed by atoms with Crippen molar-refractivity contribution in [3.63, 3.8) is 0 Å². The second kappa shape index (κ2) is 4.39. The lowest BCUT2D eigenvalue weighted by molar-refractivity contribution is 0.311. The molecule has 0 amide bonds. The summed E-state index contributed by atoms with van der Waals surface area (Å²) in [6.45, 7) is 3.70. The van der Waals surface area contributed by atoms with Crippen molar-refractivity contribution in [1.29, 1.82) is 0 Å². The second-order valence-electron chi connectivity index (χ2n) is 2.91. The summed E-state index contributed by atoms with van der Waals surface area (Å²) in [4.78, 5) is 0. The van der Waals surface area contributed by atoms with E-state index in [4.69, 9.17) is 0 Å². The van der Waals surface area contributed by atoms with Crippen molar-refractivity contribution in [2.45, 2.75) is 6.61 Å². The second-order valence-corrected chi connectivity index (χ2v) is 4.56. The Balaban J connectivity index is 2.65. The van der Waals surface area contributed by atoms with E-state index in [1.54, 1.807) is 6.08 Å². The average Bonchev–Trinajstić information content (AvgIpc) is 2.14. The lowest BCUT2D eigenvalue weighted by atomic mass is 10.1. The molecule has 0 fully saturated rings. The molecule has 1 aromatic carbocycles. The molecule has 14 heavy (non-hydrogen) atoms. The van der Waals surface area contributed by atoms with Crippen LogP contribution in [0.1, 0.15) is 11.1 Å². The van der Waals surface area contributed by atoms with Gasteiger partial charge in [0.05, 0.1) is 12.9 Å².